The van der Waals surface area contributed by atoms with Gasteiger partial charge >= 0.3 is 0 Å². The van der Waals surface area contributed by atoms with Gasteiger partial charge in [0.15, 0.2) is 0 Å². The van der Waals surface area contributed by atoms with Gasteiger partial charge in [0.2, 0.25) is 11.8 Å². The molecule has 3 nitrogen and oxygen atoms in total. The summed E-state index contributed by atoms with van der Waals surface area (Å²) in [6.07, 6.45) is 0. The molecular weight excluding hydrogens is 250 g/mol. The zero-order valence-electron chi connectivity index (χ0n) is 11.0. The van der Waals surface area contributed by atoms with Gasteiger partial charge < -0.3 is 0 Å². The Hall–Kier alpha value is -2.42. The van der Waals surface area contributed by atoms with Crippen molar-refractivity contribution in [2.24, 2.45) is 0 Å². The van der Waals surface area contributed by atoms with E-state index >= 15 is 0 Å². The zero-order chi connectivity index (χ0) is 13.9. The van der Waals surface area contributed by atoms with Crippen molar-refractivity contribution < 1.29 is 9.59 Å². The second-order valence-electron chi connectivity index (χ2n) is 5.37. The zero-order valence-corrected chi connectivity index (χ0v) is 11.0. The predicted molar refractivity (Wildman–Crippen MR) is 75.1 cm³/mol. The van der Waals surface area contributed by atoms with Crippen molar-refractivity contribution in [2.75, 3.05) is 7.05 Å². The maximum absolute atomic E-state index is 12.4. The third-order valence-electron chi connectivity index (χ3n) is 4.41. The summed E-state index contributed by atoms with van der Waals surface area (Å²) in [5, 5.41) is 0. The summed E-state index contributed by atoms with van der Waals surface area (Å²) in [6, 6.07) is 15.8. The normalized spacial score (nSPS) is 23.4. The van der Waals surface area contributed by atoms with Gasteiger partial charge in [-0.15, -0.1) is 0 Å². The molecule has 0 N–H and O–H groups in total. The quantitative estimate of drug-likeness (QED) is 0.685. The van der Waals surface area contributed by atoms with E-state index in [2.05, 4.69) is 0 Å². The van der Waals surface area contributed by atoms with Crippen LogP contribution in [0.5, 0.6) is 0 Å². The molecule has 0 unspecified atom stereocenters. The fourth-order valence-electron chi connectivity index (χ4n) is 3.46. The van der Waals surface area contributed by atoms with Gasteiger partial charge in [-0.2, -0.15) is 0 Å². The van der Waals surface area contributed by atoms with E-state index in [0.717, 1.165) is 22.3 Å². The molecule has 2 aromatic rings. The van der Waals surface area contributed by atoms with Gasteiger partial charge in [0.25, 0.3) is 0 Å². The van der Waals surface area contributed by atoms with E-state index in [1.807, 2.05) is 48.5 Å². The number of imide groups is 1. The molecule has 0 radical (unpaired) electrons. The molecule has 20 heavy (non-hydrogen) atoms. The van der Waals surface area contributed by atoms with Crippen LogP contribution < -0.4 is 0 Å². The Morgan fingerprint density at radius 3 is 1.60 bits per heavy atom. The van der Waals surface area contributed by atoms with Gasteiger partial charge in [-0.3, -0.25) is 14.5 Å². The van der Waals surface area contributed by atoms with Gasteiger partial charge in [-0.1, -0.05) is 48.5 Å². The van der Waals surface area contributed by atoms with Crippen molar-refractivity contribution in [1.29, 1.82) is 0 Å². The summed E-state index contributed by atoms with van der Waals surface area (Å²) in [7, 11) is 1.58. The summed E-state index contributed by atoms with van der Waals surface area (Å²) in [5.41, 5.74) is 4.08. The van der Waals surface area contributed by atoms with E-state index in [1.165, 1.54) is 4.90 Å². The summed E-state index contributed by atoms with van der Waals surface area (Å²) in [6.45, 7) is 0. The lowest BCUT2D eigenvalue weighted by Gasteiger charge is -2.27. The third kappa shape index (κ3) is 1.24. The minimum absolute atomic E-state index is 0.0954. The number of carbonyl (C=O) groups is 2. The minimum atomic E-state index is -0.362. The molecule has 0 aromatic heterocycles. The van der Waals surface area contributed by atoms with Crippen LogP contribution in [0.3, 0.4) is 0 Å². The van der Waals surface area contributed by atoms with Crippen LogP contribution in [-0.2, 0) is 9.59 Å². The van der Waals surface area contributed by atoms with Gasteiger partial charge in [0.1, 0.15) is 0 Å². The lowest BCUT2D eigenvalue weighted by Crippen LogP contribution is -2.25. The Morgan fingerprint density at radius 2 is 1.15 bits per heavy atom. The van der Waals surface area contributed by atoms with Crippen LogP contribution in [0.25, 0.3) is 11.1 Å². The molecule has 2 amide bonds. The van der Waals surface area contributed by atoms with Crippen LogP contribution in [0, 0.1) is 0 Å². The number of rotatable bonds is 0. The maximum atomic E-state index is 12.4. The monoisotopic (exact) mass is 263 g/mol. The van der Waals surface area contributed by atoms with Crippen molar-refractivity contribution in [3.05, 3.63) is 59.7 Å². The molecule has 2 aromatic carbocycles. The molecule has 1 aliphatic carbocycles. The molecule has 2 aliphatic rings. The van der Waals surface area contributed by atoms with E-state index in [9.17, 15) is 9.59 Å². The number of hydrogen-bond acceptors (Lipinski definition) is 2. The minimum Gasteiger partial charge on any atom is -0.285 e. The van der Waals surface area contributed by atoms with Gasteiger partial charge in [0.05, 0.1) is 11.8 Å². The van der Waals surface area contributed by atoms with Gasteiger partial charge in [-0.25, -0.2) is 0 Å². The number of likely N-dealkylation sites (N-methyl/N-ethyl adjacent to an activating group) is 1. The largest absolute Gasteiger partial charge is 0.285 e. The fourth-order valence-corrected chi connectivity index (χ4v) is 3.46. The predicted octanol–water partition coefficient (Wildman–Crippen LogP) is 2.53. The van der Waals surface area contributed by atoms with Gasteiger partial charge in [0, 0.05) is 7.05 Å². The lowest BCUT2D eigenvalue weighted by atomic mass is 9.73. The molecule has 1 saturated heterocycles. The Morgan fingerprint density at radius 1 is 0.750 bits per heavy atom. The van der Waals surface area contributed by atoms with Crippen LogP contribution in [0.1, 0.15) is 23.0 Å². The van der Waals surface area contributed by atoms with Crippen LogP contribution >= 0.6 is 0 Å². The number of nitrogens with zero attached hydrogens (tertiary/aromatic N) is 1. The number of fused-ring (bicyclic) bond motifs is 6. The summed E-state index contributed by atoms with van der Waals surface area (Å²) >= 11 is 0. The Labute approximate surface area is 116 Å². The SMILES string of the molecule is CN1C(=O)[C@@H]2c3ccccc3-c3ccccc3[C@@H]2C1=O. The summed E-state index contributed by atoms with van der Waals surface area (Å²) < 4.78 is 0. The van der Waals surface area contributed by atoms with Gasteiger partial charge in [-0.05, 0) is 22.3 Å². The molecule has 1 heterocycles. The summed E-state index contributed by atoms with van der Waals surface area (Å²) in [4.78, 5) is 26.1. The first-order valence-electron chi connectivity index (χ1n) is 6.70. The van der Waals surface area contributed by atoms with Crippen LogP contribution in [0.4, 0.5) is 0 Å². The number of hydrogen-bond donors (Lipinski definition) is 0. The average molecular weight is 263 g/mol. The van der Waals surface area contributed by atoms with E-state index in [0.29, 0.717) is 0 Å². The highest BCUT2D eigenvalue weighted by molar-refractivity contribution is 6.12. The smallest absolute Gasteiger partial charge is 0.237 e. The van der Waals surface area contributed by atoms with Crippen LogP contribution in [0.15, 0.2) is 48.5 Å². The van der Waals surface area contributed by atoms with E-state index < -0.39 is 0 Å². The Kier molecular flexibility index (Phi) is 2.16. The molecule has 1 aliphatic heterocycles. The van der Waals surface area contributed by atoms with Crippen molar-refractivity contribution >= 4 is 11.8 Å². The second-order valence-corrected chi connectivity index (χ2v) is 5.37. The first kappa shape index (κ1) is 11.4. The molecule has 0 saturated carbocycles. The molecule has 3 heteroatoms. The van der Waals surface area contributed by atoms with E-state index in [-0.39, 0.29) is 23.7 Å². The van der Waals surface area contributed by atoms with Crippen molar-refractivity contribution in [3.63, 3.8) is 0 Å². The second kappa shape index (κ2) is 3.79. The Bertz CT molecular complexity index is 687. The first-order valence-corrected chi connectivity index (χ1v) is 6.70. The summed E-state index contributed by atoms with van der Waals surface area (Å²) in [5.74, 6) is -0.916. The maximum Gasteiger partial charge on any atom is 0.237 e. The van der Waals surface area contributed by atoms with Crippen molar-refractivity contribution in [1.82, 2.24) is 4.90 Å². The van der Waals surface area contributed by atoms with E-state index in [1.54, 1.807) is 7.05 Å². The van der Waals surface area contributed by atoms with Crippen molar-refractivity contribution in [2.45, 2.75) is 11.8 Å². The van der Waals surface area contributed by atoms with Crippen LogP contribution in [-0.4, -0.2) is 23.8 Å². The number of benzene rings is 2. The number of amides is 2. The molecule has 2 atom stereocenters. The Balaban J connectivity index is 2.07. The topological polar surface area (TPSA) is 37.4 Å². The fraction of sp³-hybridized carbons (Fsp3) is 0.176. The molecule has 1 fully saturated rings. The average Bonchev–Trinajstić information content (AvgIpc) is 2.73. The number of carbonyl (C=O) groups excluding carboxylic acids is 2. The number of likely N-dealkylation sites (tertiary alicyclic amines) is 1. The standard InChI is InChI=1S/C17H13NO2/c1-18-16(19)14-12-8-4-2-6-10(12)11-7-3-5-9-13(11)15(14)17(18)20/h2-9,14-15H,1H3/t14-,15+. The highest BCUT2D eigenvalue weighted by atomic mass is 16.2. The molecule has 98 valence electrons. The van der Waals surface area contributed by atoms with Crippen LogP contribution in [0.2, 0.25) is 0 Å². The molecule has 4 rings (SSSR count). The first-order chi connectivity index (χ1) is 9.70. The van der Waals surface area contributed by atoms with E-state index in [4.69, 9.17) is 0 Å². The molecule has 0 bridgehead atoms. The third-order valence-corrected chi connectivity index (χ3v) is 4.41. The lowest BCUT2D eigenvalue weighted by molar-refractivity contribution is -0.137. The molecular formula is C17H13NO2. The molecule has 0 spiro atoms. The highest BCUT2D eigenvalue weighted by Crippen LogP contribution is 2.50. The highest BCUT2D eigenvalue weighted by Gasteiger charge is 2.50. The van der Waals surface area contributed by atoms with Crippen molar-refractivity contribution in [3.8, 4) is 11.1 Å².